The lowest BCUT2D eigenvalue weighted by Gasteiger charge is -2.22. The van der Waals surface area contributed by atoms with Gasteiger partial charge in [0.25, 0.3) is 0 Å². The van der Waals surface area contributed by atoms with Crippen LogP contribution in [0.5, 0.6) is 0 Å². The van der Waals surface area contributed by atoms with Crippen molar-refractivity contribution in [3.05, 3.63) is 34.5 Å². The van der Waals surface area contributed by atoms with Crippen molar-refractivity contribution in [3.8, 4) is 0 Å². The summed E-state index contributed by atoms with van der Waals surface area (Å²) in [5, 5.41) is 4.93. The van der Waals surface area contributed by atoms with Gasteiger partial charge in [-0.3, -0.25) is 9.59 Å². The van der Waals surface area contributed by atoms with Crippen molar-refractivity contribution in [2.45, 2.75) is 31.7 Å². The van der Waals surface area contributed by atoms with E-state index < -0.39 is 0 Å². The second-order valence-corrected chi connectivity index (χ2v) is 5.82. The summed E-state index contributed by atoms with van der Waals surface area (Å²) in [5.41, 5.74) is 0. The molecule has 1 aliphatic carbocycles. The van der Waals surface area contributed by atoms with Gasteiger partial charge in [-0.25, -0.2) is 0 Å². The van der Waals surface area contributed by atoms with E-state index in [0.717, 1.165) is 24.1 Å². The van der Waals surface area contributed by atoms with Gasteiger partial charge in [0.05, 0.1) is 19.6 Å². The molecule has 0 aliphatic heterocycles. The number of amides is 1. The van der Waals surface area contributed by atoms with Crippen LogP contribution < -0.4 is 5.32 Å². The van der Waals surface area contributed by atoms with Gasteiger partial charge in [-0.1, -0.05) is 18.2 Å². The van der Waals surface area contributed by atoms with Crippen molar-refractivity contribution < 1.29 is 14.3 Å². The summed E-state index contributed by atoms with van der Waals surface area (Å²) in [6.07, 6.45) is 6.92. The molecule has 0 fully saturated rings. The Morgan fingerprint density at radius 3 is 2.95 bits per heavy atom. The molecule has 1 heterocycles. The lowest BCUT2D eigenvalue weighted by atomic mass is 9.93. The van der Waals surface area contributed by atoms with Crippen LogP contribution in [0.2, 0.25) is 0 Å². The molecule has 1 N–H and O–H groups in total. The SMILES string of the molecule is COC(=O)C[C@H](NC(=O)[C@H]1CC=CCC1)c1cccs1. The van der Waals surface area contributed by atoms with E-state index in [-0.39, 0.29) is 30.3 Å². The van der Waals surface area contributed by atoms with E-state index in [4.69, 9.17) is 4.74 Å². The largest absolute Gasteiger partial charge is 0.469 e. The molecule has 0 saturated heterocycles. The number of ether oxygens (including phenoxy) is 1. The molecule has 108 valence electrons. The maximum atomic E-state index is 12.3. The lowest BCUT2D eigenvalue weighted by Crippen LogP contribution is -2.35. The molecule has 4 nitrogen and oxygen atoms in total. The zero-order valence-electron chi connectivity index (χ0n) is 11.5. The number of hydrogen-bond donors (Lipinski definition) is 1. The first-order chi connectivity index (χ1) is 9.70. The van der Waals surface area contributed by atoms with Crippen molar-refractivity contribution >= 4 is 23.2 Å². The number of methoxy groups -OCH3 is 1. The van der Waals surface area contributed by atoms with Gasteiger partial charge in [-0.15, -0.1) is 11.3 Å². The van der Waals surface area contributed by atoms with E-state index in [2.05, 4.69) is 11.4 Å². The summed E-state index contributed by atoms with van der Waals surface area (Å²) in [7, 11) is 1.36. The summed E-state index contributed by atoms with van der Waals surface area (Å²) in [6.45, 7) is 0. The van der Waals surface area contributed by atoms with Crippen molar-refractivity contribution in [2.75, 3.05) is 7.11 Å². The van der Waals surface area contributed by atoms with E-state index in [1.165, 1.54) is 18.4 Å². The highest BCUT2D eigenvalue weighted by Gasteiger charge is 2.24. The number of allylic oxidation sites excluding steroid dienone is 2. The highest BCUT2D eigenvalue weighted by atomic mass is 32.1. The second-order valence-electron chi connectivity index (χ2n) is 4.84. The highest BCUT2D eigenvalue weighted by Crippen LogP contribution is 2.25. The first-order valence-electron chi connectivity index (χ1n) is 6.76. The molecule has 1 aromatic heterocycles. The van der Waals surface area contributed by atoms with Gasteiger partial charge in [-0.05, 0) is 30.7 Å². The maximum absolute atomic E-state index is 12.3. The van der Waals surface area contributed by atoms with Crippen molar-refractivity contribution in [1.29, 1.82) is 0 Å². The Balaban J connectivity index is 2.01. The predicted octanol–water partition coefficient (Wildman–Crippen LogP) is 2.82. The van der Waals surface area contributed by atoms with Crippen LogP contribution in [0.25, 0.3) is 0 Å². The summed E-state index contributed by atoms with van der Waals surface area (Å²) in [4.78, 5) is 24.8. The van der Waals surface area contributed by atoms with E-state index >= 15 is 0 Å². The number of carbonyl (C=O) groups excluding carboxylic acids is 2. The smallest absolute Gasteiger partial charge is 0.307 e. The summed E-state index contributed by atoms with van der Waals surface area (Å²) in [6, 6.07) is 3.56. The van der Waals surface area contributed by atoms with Crippen LogP contribution in [0.3, 0.4) is 0 Å². The van der Waals surface area contributed by atoms with Gasteiger partial charge in [-0.2, -0.15) is 0 Å². The second kappa shape index (κ2) is 7.24. The minimum Gasteiger partial charge on any atom is -0.469 e. The number of nitrogens with one attached hydrogen (secondary N) is 1. The average molecular weight is 293 g/mol. The van der Waals surface area contributed by atoms with Crippen molar-refractivity contribution in [3.63, 3.8) is 0 Å². The van der Waals surface area contributed by atoms with Gasteiger partial charge in [0, 0.05) is 10.8 Å². The molecule has 1 amide bonds. The zero-order valence-corrected chi connectivity index (χ0v) is 12.3. The van der Waals surface area contributed by atoms with Gasteiger partial charge >= 0.3 is 5.97 Å². The van der Waals surface area contributed by atoms with Gasteiger partial charge < -0.3 is 10.1 Å². The lowest BCUT2D eigenvalue weighted by molar-refractivity contribution is -0.141. The third-order valence-electron chi connectivity index (χ3n) is 3.44. The fourth-order valence-corrected chi connectivity index (χ4v) is 3.06. The van der Waals surface area contributed by atoms with Crippen LogP contribution in [0.1, 0.15) is 36.6 Å². The molecule has 0 spiro atoms. The first kappa shape index (κ1) is 14.8. The quantitative estimate of drug-likeness (QED) is 0.671. The molecule has 0 unspecified atom stereocenters. The Kier molecular flexibility index (Phi) is 5.35. The van der Waals surface area contributed by atoms with Crippen LogP contribution in [0.15, 0.2) is 29.7 Å². The highest BCUT2D eigenvalue weighted by molar-refractivity contribution is 7.10. The van der Waals surface area contributed by atoms with Crippen LogP contribution in [0.4, 0.5) is 0 Å². The molecule has 2 rings (SSSR count). The molecular formula is C15H19NO3S. The Hall–Kier alpha value is -1.62. The normalized spacial score (nSPS) is 19.4. The van der Waals surface area contributed by atoms with Crippen LogP contribution in [-0.4, -0.2) is 19.0 Å². The zero-order chi connectivity index (χ0) is 14.4. The fraction of sp³-hybridized carbons (Fsp3) is 0.467. The van der Waals surface area contributed by atoms with E-state index in [0.29, 0.717) is 0 Å². The van der Waals surface area contributed by atoms with Gasteiger partial charge in [0.1, 0.15) is 0 Å². The number of thiophene rings is 1. The monoisotopic (exact) mass is 293 g/mol. The molecule has 5 heteroatoms. The molecule has 0 bridgehead atoms. The molecule has 20 heavy (non-hydrogen) atoms. The number of esters is 1. The third kappa shape index (κ3) is 3.93. The van der Waals surface area contributed by atoms with Gasteiger partial charge in [0.2, 0.25) is 5.91 Å². The summed E-state index contributed by atoms with van der Waals surface area (Å²) < 4.78 is 4.71. The summed E-state index contributed by atoms with van der Waals surface area (Å²) >= 11 is 1.54. The van der Waals surface area contributed by atoms with Crippen molar-refractivity contribution in [1.82, 2.24) is 5.32 Å². The van der Waals surface area contributed by atoms with Crippen molar-refractivity contribution in [2.24, 2.45) is 5.92 Å². The Morgan fingerprint density at radius 1 is 1.50 bits per heavy atom. The molecule has 0 aromatic carbocycles. The van der Waals surface area contributed by atoms with Crippen LogP contribution >= 0.6 is 11.3 Å². The van der Waals surface area contributed by atoms with Crippen LogP contribution in [0, 0.1) is 5.92 Å². The summed E-state index contributed by atoms with van der Waals surface area (Å²) in [5.74, 6) is -0.274. The van der Waals surface area contributed by atoms with E-state index in [1.807, 2.05) is 23.6 Å². The standard InChI is InChI=1S/C15H19NO3S/c1-19-14(17)10-12(13-8-5-9-20-13)16-15(18)11-6-3-2-4-7-11/h2-3,5,8-9,11-12H,4,6-7,10H2,1H3,(H,16,18)/t11-,12-/m0/s1. The molecule has 1 aromatic rings. The predicted molar refractivity (Wildman–Crippen MR) is 78.3 cm³/mol. The Bertz CT molecular complexity index is 481. The minimum absolute atomic E-state index is 0.0140. The number of rotatable bonds is 5. The van der Waals surface area contributed by atoms with Gasteiger partial charge in [0.15, 0.2) is 0 Å². The van der Waals surface area contributed by atoms with E-state index in [9.17, 15) is 9.59 Å². The first-order valence-corrected chi connectivity index (χ1v) is 7.64. The van der Waals surface area contributed by atoms with Crippen LogP contribution in [-0.2, 0) is 14.3 Å². The maximum Gasteiger partial charge on any atom is 0.307 e. The number of carbonyl (C=O) groups is 2. The average Bonchev–Trinajstić information content (AvgIpc) is 3.01. The molecule has 0 radical (unpaired) electrons. The molecular weight excluding hydrogens is 274 g/mol. The molecule has 2 atom stereocenters. The Morgan fingerprint density at radius 2 is 2.35 bits per heavy atom. The fourth-order valence-electron chi connectivity index (χ4n) is 2.28. The minimum atomic E-state index is -0.313. The molecule has 0 saturated carbocycles. The Labute approximate surface area is 122 Å². The third-order valence-corrected chi connectivity index (χ3v) is 4.43. The molecule has 1 aliphatic rings. The van der Waals surface area contributed by atoms with E-state index in [1.54, 1.807) is 0 Å². The number of hydrogen-bond acceptors (Lipinski definition) is 4. The topological polar surface area (TPSA) is 55.4 Å².